The van der Waals surface area contributed by atoms with E-state index in [1.807, 2.05) is 6.08 Å². The van der Waals surface area contributed by atoms with E-state index in [0.29, 0.717) is 16.7 Å². The number of hydrogen-bond acceptors (Lipinski definition) is 3. The Bertz CT molecular complexity index is 916. The maximum absolute atomic E-state index is 11.7. The van der Waals surface area contributed by atoms with E-state index in [9.17, 15) is 13.5 Å². The lowest BCUT2D eigenvalue weighted by Gasteiger charge is -2.42. The molecule has 0 amide bonds. The molecule has 30 heavy (non-hydrogen) atoms. The fourth-order valence-electron chi connectivity index (χ4n) is 5.63. The van der Waals surface area contributed by atoms with E-state index in [0.717, 1.165) is 38.5 Å². The maximum Gasteiger partial charge on any atom is 0.171 e. The van der Waals surface area contributed by atoms with Gasteiger partial charge in [0.05, 0.1) is 6.10 Å². The van der Waals surface area contributed by atoms with Crippen molar-refractivity contribution in [2.45, 2.75) is 78.2 Å². The third-order valence-corrected chi connectivity index (χ3v) is 9.01. The topological polar surface area (TPSA) is 54.4 Å². The average molecular weight is 431 g/mol. The van der Waals surface area contributed by atoms with Crippen molar-refractivity contribution in [1.82, 2.24) is 0 Å². The molecule has 4 heteroatoms. The summed E-state index contributed by atoms with van der Waals surface area (Å²) in [5, 5.41) is 10.0. The van der Waals surface area contributed by atoms with Gasteiger partial charge in [0.2, 0.25) is 0 Å². The first-order chi connectivity index (χ1) is 14.0. The van der Waals surface area contributed by atoms with Crippen LogP contribution in [0.2, 0.25) is 0 Å². The highest BCUT2D eigenvalue weighted by Crippen LogP contribution is 2.57. The Balaban J connectivity index is 1.77. The Morgan fingerprint density at radius 3 is 2.80 bits per heavy atom. The van der Waals surface area contributed by atoms with E-state index < -0.39 is 9.84 Å². The van der Waals surface area contributed by atoms with E-state index in [4.69, 9.17) is 0 Å². The molecule has 166 valence electrons. The normalized spacial score (nSPS) is 34.2. The lowest BCUT2D eigenvalue weighted by atomic mass is 9.62. The molecule has 0 aromatic carbocycles. The van der Waals surface area contributed by atoms with Crippen LogP contribution in [0.1, 0.15) is 72.1 Å². The van der Waals surface area contributed by atoms with Crippen LogP contribution in [0.25, 0.3) is 0 Å². The van der Waals surface area contributed by atoms with Gasteiger partial charge in [-0.3, -0.25) is 0 Å². The SMILES string of the molecule is C=C1CC[C@H](O)C/C1=C/C=C1\CCC[C@]2(C)C([C@H](C)C/C=C(\C)S(C)(=O)=O)=CC[C@@H]12. The van der Waals surface area contributed by atoms with Crippen molar-refractivity contribution < 1.29 is 13.5 Å². The predicted octanol–water partition coefficient (Wildman–Crippen LogP) is 6.05. The number of aliphatic hydroxyl groups excluding tert-OH is 1. The van der Waals surface area contributed by atoms with Crippen LogP contribution < -0.4 is 0 Å². The van der Waals surface area contributed by atoms with E-state index >= 15 is 0 Å². The van der Waals surface area contributed by atoms with Gasteiger partial charge in [-0.25, -0.2) is 8.42 Å². The predicted molar refractivity (Wildman–Crippen MR) is 126 cm³/mol. The summed E-state index contributed by atoms with van der Waals surface area (Å²) in [6, 6.07) is 0. The summed E-state index contributed by atoms with van der Waals surface area (Å²) in [6.45, 7) is 10.5. The summed E-state index contributed by atoms with van der Waals surface area (Å²) in [5.41, 5.74) is 5.56. The molecule has 3 aliphatic rings. The minimum atomic E-state index is -3.09. The maximum atomic E-state index is 11.7. The molecule has 0 aliphatic heterocycles. The van der Waals surface area contributed by atoms with Gasteiger partial charge in [0, 0.05) is 11.2 Å². The second kappa shape index (κ2) is 9.00. The Hall–Kier alpha value is -1.39. The van der Waals surface area contributed by atoms with Gasteiger partial charge in [0.1, 0.15) is 0 Å². The summed E-state index contributed by atoms with van der Waals surface area (Å²) in [4.78, 5) is 0.473. The number of fused-ring (bicyclic) bond motifs is 1. The van der Waals surface area contributed by atoms with Gasteiger partial charge < -0.3 is 5.11 Å². The van der Waals surface area contributed by atoms with Crippen LogP contribution in [-0.2, 0) is 9.84 Å². The molecule has 0 saturated heterocycles. The third kappa shape index (κ3) is 4.91. The molecule has 0 spiro atoms. The molecule has 3 nitrogen and oxygen atoms in total. The molecule has 3 rings (SSSR count). The first-order valence-corrected chi connectivity index (χ1v) is 13.2. The molecular formula is C26H38O3S. The number of hydrogen-bond donors (Lipinski definition) is 1. The Morgan fingerprint density at radius 2 is 2.10 bits per heavy atom. The molecule has 1 N–H and O–H groups in total. The molecule has 0 radical (unpaired) electrons. The zero-order valence-electron chi connectivity index (χ0n) is 19.1. The average Bonchev–Trinajstić information content (AvgIpc) is 3.03. The quantitative estimate of drug-likeness (QED) is 0.540. The zero-order chi connectivity index (χ0) is 22.1. The number of sulfone groups is 1. The van der Waals surface area contributed by atoms with Crippen LogP contribution >= 0.6 is 0 Å². The van der Waals surface area contributed by atoms with Crippen LogP contribution in [0.15, 0.2) is 58.1 Å². The molecule has 0 aromatic rings. The standard InChI is InChI=1S/C26H38O3S/c1-18-9-13-23(27)17-22(18)12-11-21-7-6-16-26(4)24(14-15-25(21)26)19(2)8-10-20(3)30(5,28)29/h10-12,14,19,23,25,27H,1,6-9,13,15-17H2,2-5H3/b20-10+,21-11+,22-12-/t19-,23+,25+,26-/m1/s1. The second-order valence-electron chi connectivity index (χ2n) is 9.88. The molecule has 0 unspecified atom stereocenters. The molecule has 2 saturated carbocycles. The van der Waals surface area contributed by atoms with Crippen molar-refractivity contribution in [3.8, 4) is 0 Å². The Kier molecular flexibility index (Phi) is 6.98. The highest BCUT2D eigenvalue weighted by atomic mass is 32.2. The third-order valence-electron chi connectivity index (χ3n) is 7.67. The first kappa shape index (κ1) is 23.3. The van der Waals surface area contributed by atoms with Gasteiger partial charge in [-0.05, 0) is 81.1 Å². The van der Waals surface area contributed by atoms with Gasteiger partial charge in [0.15, 0.2) is 9.84 Å². The second-order valence-corrected chi connectivity index (χ2v) is 12.1. The van der Waals surface area contributed by atoms with Crippen LogP contribution in [0.4, 0.5) is 0 Å². The fourth-order valence-corrected chi connectivity index (χ4v) is 6.03. The fraction of sp³-hybridized carbons (Fsp3) is 0.615. The van der Waals surface area contributed by atoms with Crippen molar-refractivity contribution in [1.29, 1.82) is 0 Å². The van der Waals surface area contributed by atoms with E-state index in [1.54, 1.807) is 6.92 Å². The lowest BCUT2D eigenvalue weighted by Crippen LogP contribution is -2.32. The number of aliphatic hydroxyl groups is 1. The van der Waals surface area contributed by atoms with Gasteiger partial charge in [-0.1, -0.05) is 61.4 Å². The van der Waals surface area contributed by atoms with Crippen LogP contribution in [-0.4, -0.2) is 25.9 Å². The van der Waals surface area contributed by atoms with E-state index in [-0.39, 0.29) is 11.5 Å². The lowest BCUT2D eigenvalue weighted by molar-refractivity contribution is 0.158. The zero-order valence-corrected chi connectivity index (χ0v) is 19.9. The summed E-state index contributed by atoms with van der Waals surface area (Å²) >= 11 is 0. The first-order valence-electron chi connectivity index (χ1n) is 11.4. The van der Waals surface area contributed by atoms with Crippen LogP contribution in [0.3, 0.4) is 0 Å². The molecule has 2 fully saturated rings. The van der Waals surface area contributed by atoms with Gasteiger partial charge in [-0.2, -0.15) is 0 Å². The largest absolute Gasteiger partial charge is 0.393 e. The summed E-state index contributed by atoms with van der Waals surface area (Å²) in [7, 11) is -3.09. The van der Waals surface area contributed by atoms with Crippen LogP contribution in [0.5, 0.6) is 0 Å². The van der Waals surface area contributed by atoms with E-state index in [2.05, 4.69) is 38.7 Å². The molecule has 4 atom stereocenters. The summed E-state index contributed by atoms with van der Waals surface area (Å²) in [6.07, 6.45) is 17.7. The van der Waals surface area contributed by atoms with Crippen LogP contribution in [0, 0.1) is 17.3 Å². The van der Waals surface area contributed by atoms with Crippen molar-refractivity contribution >= 4 is 9.84 Å². The molecule has 0 bridgehead atoms. The van der Waals surface area contributed by atoms with E-state index in [1.165, 1.54) is 41.4 Å². The number of allylic oxidation sites excluding steroid dienone is 8. The molecule has 3 aliphatic carbocycles. The number of rotatable bonds is 5. The minimum absolute atomic E-state index is 0.165. The Morgan fingerprint density at radius 1 is 1.37 bits per heavy atom. The van der Waals surface area contributed by atoms with Gasteiger partial charge in [0.25, 0.3) is 0 Å². The van der Waals surface area contributed by atoms with Crippen molar-refractivity contribution in [2.75, 3.05) is 6.26 Å². The molecular weight excluding hydrogens is 392 g/mol. The highest BCUT2D eigenvalue weighted by Gasteiger charge is 2.45. The highest BCUT2D eigenvalue weighted by molar-refractivity contribution is 7.94. The smallest absolute Gasteiger partial charge is 0.171 e. The monoisotopic (exact) mass is 430 g/mol. The van der Waals surface area contributed by atoms with Crippen molar-refractivity contribution in [2.24, 2.45) is 17.3 Å². The minimum Gasteiger partial charge on any atom is -0.393 e. The van der Waals surface area contributed by atoms with Gasteiger partial charge in [-0.15, -0.1) is 0 Å². The molecule has 0 aromatic heterocycles. The van der Waals surface area contributed by atoms with Crippen molar-refractivity contribution in [3.05, 3.63) is 58.1 Å². The molecule has 0 heterocycles. The summed E-state index contributed by atoms with van der Waals surface area (Å²) < 4.78 is 23.5. The van der Waals surface area contributed by atoms with Crippen molar-refractivity contribution in [3.63, 3.8) is 0 Å². The van der Waals surface area contributed by atoms with Gasteiger partial charge >= 0.3 is 0 Å². The Labute approximate surface area is 183 Å². The summed E-state index contributed by atoms with van der Waals surface area (Å²) in [5.74, 6) is 0.880.